The number of thiophene rings is 1. The van der Waals surface area contributed by atoms with Gasteiger partial charge < -0.3 is 0 Å². The van der Waals surface area contributed by atoms with Gasteiger partial charge in [0.15, 0.2) is 5.78 Å². The lowest BCUT2D eigenvalue weighted by molar-refractivity contribution is 0.0981. The van der Waals surface area contributed by atoms with Gasteiger partial charge in [-0.25, -0.2) is 4.39 Å². The molecule has 19 heavy (non-hydrogen) atoms. The van der Waals surface area contributed by atoms with Crippen LogP contribution in [0.3, 0.4) is 0 Å². The summed E-state index contributed by atoms with van der Waals surface area (Å²) in [6, 6.07) is 7.58. The highest BCUT2D eigenvalue weighted by atomic mass is 35.5. The van der Waals surface area contributed by atoms with Crippen LogP contribution in [0, 0.1) is 17.1 Å². The van der Waals surface area contributed by atoms with Crippen molar-refractivity contribution in [2.24, 2.45) is 0 Å². The lowest BCUT2D eigenvalue weighted by atomic mass is 9.95. The van der Waals surface area contributed by atoms with Crippen molar-refractivity contribution in [3.63, 3.8) is 0 Å². The highest BCUT2D eigenvalue weighted by Crippen LogP contribution is 2.31. The minimum Gasteiger partial charge on any atom is -0.291 e. The first-order valence-electron chi connectivity index (χ1n) is 5.17. The molecule has 2 rings (SSSR count). The van der Waals surface area contributed by atoms with Crippen molar-refractivity contribution in [1.82, 2.24) is 0 Å². The van der Waals surface area contributed by atoms with Crippen molar-refractivity contribution >= 4 is 40.3 Å². The van der Waals surface area contributed by atoms with E-state index in [1.54, 1.807) is 17.5 Å². The molecule has 0 saturated carbocycles. The smallest absolute Gasteiger partial charge is 0.195 e. The fourth-order valence-corrected chi connectivity index (χ4v) is 2.91. The molecule has 2 nitrogen and oxygen atoms in total. The molecule has 1 unspecified atom stereocenters. The fourth-order valence-electron chi connectivity index (χ4n) is 1.61. The van der Waals surface area contributed by atoms with Crippen LogP contribution in [-0.4, -0.2) is 5.78 Å². The maximum Gasteiger partial charge on any atom is 0.195 e. The molecule has 0 bridgehead atoms. The second kappa shape index (κ2) is 5.70. The molecule has 0 saturated heterocycles. The number of hydrogen-bond acceptors (Lipinski definition) is 3. The van der Waals surface area contributed by atoms with Gasteiger partial charge in [-0.3, -0.25) is 4.79 Å². The van der Waals surface area contributed by atoms with E-state index in [1.165, 1.54) is 18.2 Å². The molecule has 1 aromatic heterocycles. The molecule has 0 radical (unpaired) electrons. The SMILES string of the molecule is N#CC(C(=O)c1sccc1Cl)c1cccc(Cl)c1F. The molecule has 0 aliphatic heterocycles. The Morgan fingerprint density at radius 1 is 1.32 bits per heavy atom. The summed E-state index contributed by atoms with van der Waals surface area (Å²) in [5.74, 6) is -2.53. The summed E-state index contributed by atoms with van der Waals surface area (Å²) in [5.41, 5.74) is -0.0375. The second-order valence-electron chi connectivity index (χ2n) is 3.67. The van der Waals surface area contributed by atoms with Crippen LogP contribution in [0.2, 0.25) is 10.0 Å². The van der Waals surface area contributed by atoms with E-state index in [2.05, 4.69) is 0 Å². The topological polar surface area (TPSA) is 40.9 Å². The molecule has 96 valence electrons. The van der Waals surface area contributed by atoms with E-state index in [1.807, 2.05) is 0 Å². The van der Waals surface area contributed by atoms with E-state index < -0.39 is 17.5 Å². The Labute approximate surface area is 123 Å². The van der Waals surface area contributed by atoms with E-state index in [-0.39, 0.29) is 20.5 Å². The van der Waals surface area contributed by atoms with Gasteiger partial charge in [-0.05, 0) is 17.5 Å². The summed E-state index contributed by atoms with van der Waals surface area (Å²) >= 11 is 12.6. The summed E-state index contributed by atoms with van der Waals surface area (Å²) in [6.45, 7) is 0. The summed E-state index contributed by atoms with van der Waals surface area (Å²) in [4.78, 5) is 12.5. The number of benzene rings is 1. The molecule has 0 aliphatic carbocycles. The van der Waals surface area contributed by atoms with Crippen LogP contribution in [0.5, 0.6) is 0 Å². The first-order chi connectivity index (χ1) is 9.06. The van der Waals surface area contributed by atoms with Gasteiger partial charge in [0.2, 0.25) is 0 Å². The van der Waals surface area contributed by atoms with Gasteiger partial charge in [-0.2, -0.15) is 5.26 Å². The highest BCUT2D eigenvalue weighted by Gasteiger charge is 2.27. The van der Waals surface area contributed by atoms with Crippen LogP contribution >= 0.6 is 34.5 Å². The lowest BCUT2D eigenvalue weighted by Crippen LogP contribution is -2.12. The molecular formula is C13H6Cl2FNOS. The fraction of sp³-hybridized carbons (Fsp3) is 0.0769. The van der Waals surface area contributed by atoms with Crippen LogP contribution in [0.1, 0.15) is 21.2 Å². The third kappa shape index (κ3) is 2.64. The zero-order valence-corrected chi connectivity index (χ0v) is 11.7. The largest absolute Gasteiger partial charge is 0.291 e. The van der Waals surface area contributed by atoms with Crippen LogP contribution in [-0.2, 0) is 0 Å². The minimum absolute atomic E-state index is 0.0375. The standard InChI is InChI=1S/C13H6Cl2FNOS/c14-9-3-1-2-7(11(9)16)8(6-17)12(18)13-10(15)4-5-19-13/h1-5,8H. The Bertz CT molecular complexity index is 678. The number of carbonyl (C=O) groups is 1. The van der Waals surface area contributed by atoms with Gasteiger partial charge in [0.25, 0.3) is 0 Å². The molecule has 0 amide bonds. The molecule has 1 atom stereocenters. The Balaban J connectivity index is 2.47. The van der Waals surface area contributed by atoms with Crippen molar-refractivity contribution in [3.8, 4) is 6.07 Å². The number of ketones is 1. The normalized spacial score (nSPS) is 11.9. The number of nitrogens with zero attached hydrogens (tertiary/aromatic N) is 1. The average molecular weight is 314 g/mol. The Morgan fingerprint density at radius 3 is 2.63 bits per heavy atom. The molecule has 0 fully saturated rings. The molecule has 2 aromatic rings. The predicted octanol–water partition coefficient (Wildman–Crippen LogP) is 4.68. The number of rotatable bonds is 3. The summed E-state index contributed by atoms with van der Waals surface area (Å²) in [5, 5.41) is 10.9. The molecule has 6 heteroatoms. The molecule has 0 spiro atoms. The molecular weight excluding hydrogens is 308 g/mol. The Morgan fingerprint density at radius 2 is 2.05 bits per heavy atom. The van der Waals surface area contributed by atoms with Gasteiger partial charge in [0.1, 0.15) is 11.7 Å². The molecule has 0 N–H and O–H groups in total. The van der Waals surface area contributed by atoms with Crippen molar-refractivity contribution in [3.05, 3.63) is 55.9 Å². The summed E-state index contributed by atoms with van der Waals surface area (Å²) in [6.07, 6.45) is 0. The molecule has 1 aromatic carbocycles. The number of hydrogen-bond donors (Lipinski definition) is 0. The van der Waals surface area contributed by atoms with E-state index >= 15 is 0 Å². The number of carbonyl (C=O) groups excluding carboxylic acids is 1. The zero-order chi connectivity index (χ0) is 14.0. The zero-order valence-electron chi connectivity index (χ0n) is 9.36. The number of halogens is 3. The van der Waals surface area contributed by atoms with E-state index in [0.717, 1.165) is 11.3 Å². The summed E-state index contributed by atoms with van der Waals surface area (Å²) < 4.78 is 13.9. The van der Waals surface area contributed by atoms with E-state index in [0.29, 0.717) is 0 Å². The van der Waals surface area contributed by atoms with E-state index in [4.69, 9.17) is 28.5 Å². The van der Waals surface area contributed by atoms with Gasteiger partial charge in [-0.15, -0.1) is 11.3 Å². The van der Waals surface area contributed by atoms with Crippen LogP contribution in [0.15, 0.2) is 29.6 Å². The lowest BCUT2D eigenvalue weighted by Gasteiger charge is -2.09. The Hall–Kier alpha value is -1.41. The molecule has 1 heterocycles. The number of Topliss-reactive ketones (excluding diaryl/α,β-unsaturated/α-hetero) is 1. The Kier molecular flexibility index (Phi) is 4.20. The maximum atomic E-state index is 13.9. The maximum absolute atomic E-state index is 13.9. The van der Waals surface area contributed by atoms with Crippen LogP contribution in [0.25, 0.3) is 0 Å². The van der Waals surface area contributed by atoms with Gasteiger partial charge in [-0.1, -0.05) is 35.3 Å². The second-order valence-corrected chi connectivity index (χ2v) is 5.40. The van der Waals surface area contributed by atoms with Crippen LogP contribution in [0.4, 0.5) is 4.39 Å². The first kappa shape index (κ1) is 14.0. The quantitative estimate of drug-likeness (QED) is 0.772. The van der Waals surface area contributed by atoms with Crippen LogP contribution < -0.4 is 0 Å². The van der Waals surface area contributed by atoms with Crippen molar-refractivity contribution in [2.75, 3.05) is 0 Å². The predicted molar refractivity (Wildman–Crippen MR) is 73.4 cm³/mol. The van der Waals surface area contributed by atoms with Gasteiger partial charge in [0.05, 0.1) is 21.0 Å². The van der Waals surface area contributed by atoms with E-state index in [9.17, 15) is 9.18 Å². The monoisotopic (exact) mass is 313 g/mol. The molecule has 0 aliphatic rings. The highest BCUT2D eigenvalue weighted by molar-refractivity contribution is 7.12. The third-order valence-electron chi connectivity index (χ3n) is 2.52. The summed E-state index contributed by atoms with van der Waals surface area (Å²) in [7, 11) is 0. The van der Waals surface area contributed by atoms with Crippen molar-refractivity contribution in [1.29, 1.82) is 5.26 Å². The van der Waals surface area contributed by atoms with Gasteiger partial charge in [0, 0.05) is 5.56 Å². The van der Waals surface area contributed by atoms with Gasteiger partial charge >= 0.3 is 0 Å². The third-order valence-corrected chi connectivity index (χ3v) is 4.17. The van der Waals surface area contributed by atoms with Crippen molar-refractivity contribution in [2.45, 2.75) is 5.92 Å². The van der Waals surface area contributed by atoms with Crippen molar-refractivity contribution < 1.29 is 9.18 Å². The minimum atomic E-state index is -1.25. The first-order valence-corrected chi connectivity index (χ1v) is 6.80. The number of nitriles is 1. The average Bonchev–Trinajstić information content (AvgIpc) is 2.81.